The Morgan fingerprint density at radius 2 is 2.11 bits per heavy atom. The molecule has 1 atom stereocenters. The number of nitrogens with zero attached hydrogens (tertiary/aromatic N) is 1. The molecular weight excluding hydrogens is 266 g/mol. The number of rotatable bonds is 0. The van der Waals surface area contributed by atoms with Crippen LogP contribution in [0.4, 0.5) is 0 Å². The molecule has 0 radical (unpaired) electrons. The van der Waals surface area contributed by atoms with Gasteiger partial charge in [0.15, 0.2) is 5.78 Å². The zero-order valence-corrected chi connectivity index (χ0v) is 11.1. The number of halogens is 1. The van der Waals surface area contributed by atoms with E-state index in [0.29, 0.717) is 29.1 Å². The molecule has 1 heterocycles. The van der Waals surface area contributed by atoms with Crippen LogP contribution in [0.1, 0.15) is 29.4 Å². The van der Waals surface area contributed by atoms with Gasteiger partial charge in [0.1, 0.15) is 0 Å². The lowest BCUT2D eigenvalue weighted by molar-refractivity contribution is 0.0898. The monoisotopic (exact) mass is 277 g/mol. The van der Waals surface area contributed by atoms with E-state index in [-0.39, 0.29) is 28.1 Å². The molecule has 0 amide bonds. The lowest BCUT2D eigenvalue weighted by Gasteiger charge is -2.22. The first kappa shape index (κ1) is 12.2. The molecule has 0 fully saturated rings. The highest BCUT2D eigenvalue weighted by atomic mass is 35.5. The second-order valence-corrected chi connectivity index (χ2v) is 5.36. The average molecular weight is 278 g/mol. The minimum Gasteiger partial charge on any atom is -0.428 e. The summed E-state index contributed by atoms with van der Waals surface area (Å²) in [7, 11) is 0. The number of Topliss-reactive ketones (excluding diaryl/α,β-unsaturated/α-hetero) is 1. The van der Waals surface area contributed by atoms with Gasteiger partial charge in [-0.2, -0.15) is 4.73 Å². The molecule has 98 valence electrons. The number of benzene rings is 1. The van der Waals surface area contributed by atoms with Gasteiger partial charge in [-0.05, 0) is 31.0 Å². The van der Waals surface area contributed by atoms with Crippen molar-refractivity contribution >= 4 is 28.3 Å². The van der Waals surface area contributed by atoms with Gasteiger partial charge < -0.3 is 5.21 Å². The second kappa shape index (κ2) is 4.10. The van der Waals surface area contributed by atoms with Crippen molar-refractivity contribution in [1.82, 2.24) is 4.73 Å². The SMILES string of the molecule is CC1CCc2c(c(=O)c3cc(Cl)ccc3n2O)C1=O. The third-order valence-electron chi connectivity index (χ3n) is 3.71. The fourth-order valence-electron chi connectivity index (χ4n) is 2.61. The molecule has 0 saturated heterocycles. The molecule has 0 bridgehead atoms. The molecule has 3 rings (SSSR count). The van der Waals surface area contributed by atoms with E-state index >= 15 is 0 Å². The minimum atomic E-state index is -0.339. The van der Waals surface area contributed by atoms with E-state index in [2.05, 4.69) is 0 Å². The van der Waals surface area contributed by atoms with Crippen LogP contribution in [0, 0.1) is 5.92 Å². The summed E-state index contributed by atoms with van der Waals surface area (Å²) in [4.78, 5) is 24.6. The second-order valence-electron chi connectivity index (χ2n) is 4.93. The summed E-state index contributed by atoms with van der Waals surface area (Å²) in [5.74, 6) is -0.382. The van der Waals surface area contributed by atoms with Crippen LogP contribution in [0.3, 0.4) is 0 Å². The normalized spacial score (nSPS) is 18.6. The fraction of sp³-hybridized carbons (Fsp3) is 0.286. The molecule has 1 aromatic heterocycles. The molecule has 0 aliphatic heterocycles. The molecule has 0 spiro atoms. The quantitative estimate of drug-likeness (QED) is 0.753. The van der Waals surface area contributed by atoms with Crippen LogP contribution in [-0.2, 0) is 6.42 Å². The Morgan fingerprint density at radius 1 is 1.37 bits per heavy atom. The van der Waals surface area contributed by atoms with E-state index in [9.17, 15) is 14.8 Å². The summed E-state index contributed by atoms with van der Waals surface area (Å²) in [5, 5.41) is 10.9. The van der Waals surface area contributed by atoms with Crippen molar-refractivity contribution < 1.29 is 10.0 Å². The van der Waals surface area contributed by atoms with E-state index < -0.39 is 0 Å². The van der Waals surface area contributed by atoms with Gasteiger partial charge in [0.2, 0.25) is 5.43 Å². The van der Waals surface area contributed by atoms with Crippen molar-refractivity contribution in [1.29, 1.82) is 0 Å². The predicted molar refractivity (Wildman–Crippen MR) is 72.2 cm³/mol. The predicted octanol–water partition coefficient (Wildman–Crippen LogP) is 2.66. The number of fused-ring (bicyclic) bond motifs is 2. The van der Waals surface area contributed by atoms with Crippen LogP contribution >= 0.6 is 11.6 Å². The highest BCUT2D eigenvalue weighted by Crippen LogP contribution is 2.26. The van der Waals surface area contributed by atoms with E-state index in [1.54, 1.807) is 19.1 Å². The Labute approximate surface area is 114 Å². The van der Waals surface area contributed by atoms with Crippen LogP contribution in [0.15, 0.2) is 23.0 Å². The maximum absolute atomic E-state index is 12.4. The summed E-state index contributed by atoms with van der Waals surface area (Å²) in [5.41, 5.74) is 0.559. The topological polar surface area (TPSA) is 59.3 Å². The van der Waals surface area contributed by atoms with Gasteiger partial charge >= 0.3 is 0 Å². The first-order valence-electron chi connectivity index (χ1n) is 6.11. The highest BCUT2D eigenvalue weighted by Gasteiger charge is 2.30. The largest absolute Gasteiger partial charge is 0.428 e. The zero-order valence-electron chi connectivity index (χ0n) is 10.3. The molecule has 2 aromatic rings. The fourth-order valence-corrected chi connectivity index (χ4v) is 2.78. The Kier molecular flexibility index (Phi) is 2.64. The maximum Gasteiger partial charge on any atom is 0.200 e. The molecule has 1 unspecified atom stereocenters. The van der Waals surface area contributed by atoms with Crippen molar-refractivity contribution in [2.75, 3.05) is 0 Å². The Balaban J connectivity index is 2.48. The number of hydrogen-bond acceptors (Lipinski definition) is 3. The number of ketones is 1. The van der Waals surface area contributed by atoms with Crippen molar-refractivity contribution in [3.63, 3.8) is 0 Å². The first-order valence-corrected chi connectivity index (χ1v) is 6.49. The Hall–Kier alpha value is -1.81. The van der Waals surface area contributed by atoms with Crippen molar-refractivity contribution in [3.8, 4) is 0 Å². The number of pyridine rings is 1. The zero-order chi connectivity index (χ0) is 13.7. The van der Waals surface area contributed by atoms with E-state index in [4.69, 9.17) is 11.6 Å². The van der Waals surface area contributed by atoms with Crippen molar-refractivity contribution in [2.45, 2.75) is 19.8 Å². The molecule has 1 aromatic carbocycles. The van der Waals surface area contributed by atoms with Crippen LogP contribution in [0.2, 0.25) is 5.02 Å². The smallest absolute Gasteiger partial charge is 0.200 e. The van der Waals surface area contributed by atoms with Gasteiger partial charge in [0.05, 0.1) is 22.2 Å². The number of carbonyl (C=O) groups excluding carboxylic acids is 1. The van der Waals surface area contributed by atoms with Crippen molar-refractivity contribution in [2.24, 2.45) is 5.92 Å². The van der Waals surface area contributed by atoms with Gasteiger partial charge in [0, 0.05) is 10.9 Å². The van der Waals surface area contributed by atoms with E-state index in [1.807, 2.05) is 0 Å². The number of carbonyl (C=O) groups is 1. The Morgan fingerprint density at radius 3 is 2.84 bits per heavy atom. The first-order chi connectivity index (χ1) is 9.00. The van der Waals surface area contributed by atoms with Gasteiger partial charge in [0.25, 0.3) is 0 Å². The Bertz CT molecular complexity index is 763. The van der Waals surface area contributed by atoms with Crippen LogP contribution in [-0.4, -0.2) is 15.7 Å². The number of aromatic nitrogens is 1. The molecule has 4 nitrogen and oxygen atoms in total. The van der Waals surface area contributed by atoms with Crippen LogP contribution in [0.5, 0.6) is 0 Å². The standard InChI is InChI=1S/C14H12ClNO3/c1-7-2-4-11-12(13(7)17)14(18)9-6-8(15)3-5-10(9)16(11)19/h3,5-7,19H,2,4H2,1H3. The van der Waals surface area contributed by atoms with Gasteiger partial charge in [-0.3, -0.25) is 9.59 Å². The summed E-state index contributed by atoms with van der Waals surface area (Å²) in [6.45, 7) is 1.80. The average Bonchev–Trinajstić information content (AvgIpc) is 2.39. The molecule has 19 heavy (non-hydrogen) atoms. The molecule has 0 saturated carbocycles. The molecule has 1 N–H and O–H groups in total. The minimum absolute atomic E-state index is 0.107. The summed E-state index contributed by atoms with van der Waals surface area (Å²) in [6.07, 6.45) is 1.16. The third-order valence-corrected chi connectivity index (χ3v) is 3.95. The van der Waals surface area contributed by atoms with Crippen molar-refractivity contribution in [3.05, 3.63) is 44.7 Å². The molecule has 1 aliphatic carbocycles. The third kappa shape index (κ3) is 1.67. The summed E-state index contributed by atoms with van der Waals surface area (Å²) in [6, 6.07) is 4.68. The van der Waals surface area contributed by atoms with Crippen LogP contribution < -0.4 is 5.43 Å². The van der Waals surface area contributed by atoms with Gasteiger partial charge in [-0.15, -0.1) is 0 Å². The molecular formula is C14H12ClNO3. The molecule has 5 heteroatoms. The summed E-state index contributed by atoms with van der Waals surface area (Å²) >= 11 is 5.88. The van der Waals surface area contributed by atoms with Gasteiger partial charge in [-0.25, -0.2) is 0 Å². The maximum atomic E-state index is 12.4. The van der Waals surface area contributed by atoms with E-state index in [0.717, 1.165) is 4.73 Å². The number of hydrogen-bond donors (Lipinski definition) is 1. The lowest BCUT2D eigenvalue weighted by Crippen LogP contribution is -2.31. The highest BCUT2D eigenvalue weighted by molar-refractivity contribution is 6.31. The summed E-state index contributed by atoms with van der Waals surface area (Å²) < 4.78 is 0.951. The van der Waals surface area contributed by atoms with Gasteiger partial charge in [-0.1, -0.05) is 18.5 Å². The van der Waals surface area contributed by atoms with Crippen LogP contribution in [0.25, 0.3) is 10.9 Å². The van der Waals surface area contributed by atoms with E-state index in [1.165, 1.54) is 6.07 Å². The lowest BCUT2D eigenvalue weighted by atomic mass is 9.85. The molecule has 1 aliphatic rings.